The Labute approximate surface area is 195 Å². The van der Waals surface area contributed by atoms with Crippen LogP contribution in [0, 0.1) is 0 Å². The number of furan rings is 1. The van der Waals surface area contributed by atoms with E-state index in [4.69, 9.17) is 9.15 Å². The number of fused-ring (bicyclic) bond motifs is 3. The highest BCUT2D eigenvalue weighted by Gasteiger charge is 2.65. The number of aliphatic hydroxyl groups excluding tert-OH is 1. The van der Waals surface area contributed by atoms with E-state index in [9.17, 15) is 19.5 Å². The molecule has 2 amide bonds. The number of carbonyl (C=O) groups is 3. The predicted molar refractivity (Wildman–Crippen MR) is 124 cm³/mol. The Morgan fingerprint density at radius 1 is 1.18 bits per heavy atom. The van der Waals surface area contributed by atoms with Crippen molar-refractivity contribution in [3.05, 3.63) is 89.9 Å². The molecule has 1 spiro atoms. The normalized spacial score (nSPS) is 19.6. The molecule has 0 saturated heterocycles. The van der Waals surface area contributed by atoms with Gasteiger partial charge in [-0.3, -0.25) is 14.4 Å². The first-order chi connectivity index (χ1) is 16.5. The predicted octanol–water partition coefficient (Wildman–Crippen LogP) is 3.34. The number of methoxy groups -OCH3 is 1. The fourth-order valence-corrected chi connectivity index (χ4v) is 4.88. The standard InChI is InChI=1S/C26H22N2O6/c1-3-12-27-18-10-6-5-9-17(18)26(25(27)32)21(23(30)24(31)28(26)13-14-33-2)22(29)20-15-16-8-4-7-11-19(16)34-20/h3-11,15,30H,1,12-14H2,2H3. The lowest BCUT2D eigenvalue weighted by molar-refractivity contribution is -0.140. The van der Waals surface area contributed by atoms with Crippen molar-refractivity contribution in [2.24, 2.45) is 0 Å². The Bertz CT molecular complexity index is 1350. The molecule has 0 fully saturated rings. The van der Waals surface area contributed by atoms with Gasteiger partial charge in [-0.2, -0.15) is 0 Å². The van der Waals surface area contributed by atoms with Crippen molar-refractivity contribution in [1.29, 1.82) is 0 Å². The smallest absolute Gasteiger partial charge is 0.290 e. The molecule has 2 aliphatic heterocycles. The summed E-state index contributed by atoms with van der Waals surface area (Å²) in [5.41, 5.74) is -0.735. The van der Waals surface area contributed by atoms with Gasteiger partial charge in [-0.1, -0.05) is 42.5 Å². The number of Topliss-reactive ketones (excluding diaryl/α,β-unsaturated/α-hetero) is 1. The van der Waals surface area contributed by atoms with Gasteiger partial charge in [-0.25, -0.2) is 0 Å². The molecule has 1 unspecified atom stereocenters. The maximum atomic E-state index is 14.1. The molecule has 8 heteroatoms. The molecule has 1 N–H and O–H groups in total. The zero-order chi connectivity index (χ0) is 24.0. The highest BCUT2D eigenvalue weighted by atomic mass is 16.5. The van der Waals surface area contributed by atoms with Crippen LogP contribution in [0.4, 0.5) is 5.69 Å². The first-order valence-electron chi connectivity index (χ1n) is 10.8. The summed E-state index contributed by atoms with van der Waals surface area (Å²) in [4.78, 5) is 43.9. The fourth-order valence-electron chi connectivity index (χ4n) is 4.88. The Kier molecular flexibility index (Phi) is 5.10. The van der Waals surface area contributed by atoms with Gasteiger partial charge in [0, 0.05) is 31.1 Å². The lowest BCUT2D eigenvalue weighted by atomic mass is 9.81. The number of nitrogens with zero attached hydrogens (tertiary/aromatic N) is 2. The van der Waals surface area contributed by atoms with Crippen molar-refractivity contribution in [1.82, 2.24) is 4.90 Å². The van der Waals surface area contributed by atoms with Gasteiger partial charge in [-0.15, -0.1) is 6.58 Å². The molecule has 5 rings (SSSR count). The average molecular weight is 458 g/mol. The molecular formula is C26H22N2O6. The van der Waals surface area contributed by atoms with E-state index in [-0.39, 0.29) is 31.0 Å². The maximum Gasteiger partial charge on any atom is 0.290 e. The Balaban J connectivity index is 1.76. The van der Waals surface area contributed by atoms with Gasteiger partial charge in [0.1, 0.15) is 5.58 Å². The Morgan fingerprint density at radius 2 is 1.91 bits per heavy atom. The summed E-state index contributed by atoms with van der Waals surface area (Å²) >= 11 is 0. The zero-order valence-electron chi connectivity index (χ0n) is 18.5. The first-order valence-corrected chi connectivity index (χ1v) is 10.8. The second kappa shape index (κ2) is 8.00. The lowest BCUT2D eigenvalue weighted by Crippen LogP contribution is -2.54. The van der Waals surface area contributed by atoms with Gasteiger partial charge in [0.2, 0.25) is 5.78 Å². The molecule has 1 atom stereocenters. The SMILES string of the molecule is C=CCN1C(=O)C2(C(C(=O)c3cc4ccccc4o3)=C(O)C(=O)N2CCOC)c2ccccc21. The number of ether oxygens (including phenoxy) is 1. The van der Waals surface area contributed by atoms with Crippen LogP contribution in [0.5, 0.6) is 0 Å². The molecule has 0 radical (unpaired) electrons. The Morgan fingerprint density at radius 3 is 2.65 bits per heavy atom. The van der Waals surface area contributed by atoms with Crippen molar-refractivity contribution in [3.63, 3.8) is 0 Å². The third-order valence-electron chi connectivity index (χ3n) is 6.30. The highest BCUT2D eigenvalue weighted by Crippen LogP contribution is 2.53. The maximum absolute atomic E-state index is 14.1. The molecule has 34 heavy (non-hydrogen) atoms. The van der Waals surface area contributed by atoms with Crippen molar-refractivity contribution in [2.45, 2.75) is 5.54 Å². The number of carbonyl (C=O) groups excluding carboxylic acids is 3. The number of ketones is 1. The summed E-state index contributed by atoms with van der Waals surface area (Å²) in [6.07, 6.45) is 1.56. The number of amides is 2. The van der Waals surface area contributed by atoms with Crippen molar-refractivity contribution in [3.8, 4) is 0 Å². The van der Waals surface area contributed by atoms with Crippen LogP contribution in [0.3, 0.4) is 0 Å². The minimum absolute atomic E-state index is 0.0156. The van der Waals surface area contributed by atoms with Crippen LogP contribution in [-0.4, -0.2) is 54.4 Å². The molecule has 3 heterocycles. The summed E-state index contributed by atoms with van der Waals surface area (Å²) in [5, 5.41) is 11.7. The van der Waals surface area contributed by atoms with Gasteiger partial charge in [-0.05, 0) is 18.2 Å². The number of hydrogen-bond donors (Lipinski definition) is 1. The monoisotopic (exact) mass is 458 g/mol. The second-order valence-corrected chi connectivity index (χ2v) is 8.08. The van der Waals surface area contributed by atoms with Crippen molar-refractivity contribution >= 4 is 34.3 Å². The van der Waals surface area contributed by atoms with E-state index in [1.165, 1.54) is 16.9 Å². The number of anilines is 1. The topological polar surface area (TPSA) is 100 Å². The second-order valence-electron chi connectivity index (χ2n) is 8.08. The van der Waals surface area contributed by atoms with Crippen LogP contribution in [0.2, 0.25) is 0 Å². The van der Waals surface area contributed by atoms with E-state index >= 15 is 0 Å². The van der Waals surface area contributed by atoms with E-state index in [2.05, 4.69) is 6.58 Å². The first kappa shape index (κ1) is 21.7. The van der Waals surface area contributed by atoms with Gasteiger partial charge in [0.05, 0.1) is 17.9 Å². The molecule has 2 aromatic carbocycles. The van der Waals surface area contributed by atoms with Crippen LogP contribution in [0.15, 0.2) is 83.0 Å². The number of hydrogen-bond acceptors (Lipinski definition) is 6. The summed E-state index contributed by atoms with van der Waals surface area (Å²) < 4.78 is 10.9. The highest BCUT2D eigenvalue weighted by molar-refractivity contribution is 6.26. The Hall–Kier alpha value is -4.17. The molecule has 3 aromatic rings. The van der Waals surface area contributed by atoms with Gasteiger partial charge >= 0.3 is 0 Å². The summed E-state index contributed by atoms with van der Waals surface area (Å²) in [6, 6.07) is 15.5. The van der Waals surface area contributed by atoms with Gasteiger partial charge < -0.3 is 24.1 Å². The van der Waals surface area contributed by atoms with E-state index in [1.54, 1.807) is 60.7 Å². The van der Waals surface area contributed by atoms with E-state index in [0.717, 1.165) is 0 Å². The molecule has 0 bridgehead atoms. The summed E-state index contributed by atoms with van der Waals surface area (Å²) in [5.74, 6) is -2.92. The average Bonchev–Trinajstić information content (AvgIpc) is 3.45. The van der Waals surface area contributed by atoms with Crippen LogP contribution < -0.4 is 4.90 Å². The van der Waals surface area contributed by atoms with Gasteiger partial charge in [0.15, 0.2) is 17.1 Å². The lowest BCUT2D eigenvalue weighted by Gasteiger charge is -2.35. The molecule has 0 saturated carbocycles. The summed E-state index contributed by atoms with van der Waals surface area (Å²) in [6.45, 7) is 3.98. The molecule has 1 aromatic heterocycles. The van der Waals surface area contributed by atoms with E-state index in [0.29, 0.717) is 22.2 Å². The van der Waals surface area contributed by atoms with Crippen molar-refractivity contribution in [2.75, 3.05) is 31.7 Å². The van der Waals surface area contributed by atoms with Crippen molar-refractivity contribution < 1.29 is 28.6 Å². The molecule has 172 valence electrons. The number of benzene rings is 2. The van der Waals surface area contributed by atoms with Crippen LogP contribution in [0.1, 0.15) is 16.1 Å². The quantitative estimate of drug-likeness (QED) is 0.431. The third kappa shape index (κ3) is 2.78. The number of para-hydroxylation sites is 2. The zero-order valence-corrected chi connectivity index (χ0v) is 18.5. The number of aliphatic hydroxyl groups is 1. The molecule has 2 aliphatic rings. The molecule has 8 nitrogen and oxygen atoms in total. The van der Waals surface area contributed by atoms with Crippen LogP contribution >= 0.6 is 0 Å². The van der Waals surface area contributed by atoms with E-state index in [1.807, 2.05) is 0 Å². The van der Waals surface area contributed by atoms with Crippen LogP contribution in [-0.2, 0) is 19.9 Å². The molecular weight excluding hydrogens is 436 g/mol. The minimum atomic E-state index is -1.85. The van der Waals surface area contributed by atoms with Gasteiger partial charge in [0.25, 0.3) is 11.8 Å². The fraction of sp³-hybridized carbons (Fsp3) is 0.192. The van der Waals surface area contributed by atoms with Crippen LogP contribution in [0.25, 0.3) is 11.0 Å². The minimum Gasteiger partial charge on any atom is -0.503 e. The largest absolute Gasteiger partial charge is 0.503 e. The third-order valence-corrected chi connectivity index (χ3v) is 6.30. The van der Waals surface area contributed by atoms with E-state index < -0.39 is 28.9 Å². The summed E-state index contributed by atoms with van der Waals surface area (Å²) in [7, 11) is 1.47. The number of rotatable bonds is 7. The molecule has 0 aliphatic carbocycles.